The van der Waals surface area contributed by atoms with E-state index in [1.807, 2.05) is 32.9 Å². The Morgan fingerprint density at radius 3 is 2.23 bits per heavy atom. The molecule has 0 bridgehead atoms. The number of amides is 1. The second-order valence-corrected chi connectivity index (χ2v) is 8.59. The zero-order valence-corrected chi connectivity index (χ0v) is 16.3. The van der Waals surface area contributed by atoms with Gasteiger partial charge in [0.05, 0.1) is 4.90 Å². The fraction of sp³-hybridized carbons (Fsp3) is 0.333. The molecular formula is C18H23N3O4S. The minimum Gasteiger partial charge on any atom is -0.324 e. The lowest BCUT2D eigenvalue weighted by molar-refractivity contribution is -0.116. The predicted octanol–water partition coefficient (Wildman–Crippen LogP) is 1.66. The van der Waals surface area contributed by atoms with Crippen LogP contribution in [0.4, 0.5) is 5.69 Å². The Balaban J connectivity index is 2.29. The van der Waals surface area contributed by atoms with Crippen LogP contribution in [0.5, 0.6) is 0 Å². The lowest BCUT2D eigenvalue weighted by atomic mass is 10.1. The zero-order chi connectivity index (χ0) is 19.6. The van der Waals surface area contributed by atoms with Crippen LogP contribution in [-0.4, -0.2) is 37.3 Å². The monoisotopic (exact) mass is 377 g/mol. The van der Waals surface area contributed by atoms with E-state index in [4.69, 9.17) is 0 Å². The first kappa shape index (κ1) is 19.9. The molecule has 0 fully saturated rings. The molecule has 0 aliphatic carbocycles. The van der Waals surface area contributed by atoms with E-state index in [2.05, 4.69) is 5.32 Å². The van der Waals surface area contributed by atoms with Crippen molar-refractivity contribution in [2.75, 3.05) is 19.4 Å². The van der Waals surface area contributed by atoms with Crippen LogP contribution in [0, 0.1) is 20.8 Å². The number of sulfonamides is 1. The highest BCUT2D eigenvalue weighted by Gasteiger charge is 2.19. The van der Waals surface area contributed by atoms with Crippen LogP contribution in [-0.2, 0) is 21.4 Å². The number of pyridine rings is 1. The molecular weight excluding hydrogens is 354 g/mol. The Bertz CT molecular complexity index is 984. The van der Waals surface area contributed by atoms with Crippen molar-refractivity contribution in [3.8, 4) is 0 Å². The highest BCUT2D eigenvalue weighted by Crippen LogP contribution is 2.21. The molecule has 2 rings (SSSR count). The highest BCUT2D eigenvalue weighted by atomic mass is 32.2. The lowest BCUT2D eigenvalue weighted by Crippen LogP contribution is -2.29. The molecule has 1 amide bonds. The van der Waals surface area contributed by atoms with Crippen molar-refractivity contribution in [1.82, 2.24) is 8.87 Å². The summed E-state index contributed by atoms with van der Waals surface area (Å²) in [5, 5.41) is 2.80. The molecule has 0 saturated carbocycles. The minimum absolute atomic E-state index is 0.0439. The zero-order valence-electron chi connectivity index (χ0n) is 15.5. The second kappa shape index (κ2) is 7.43. The number of carbonyl (C=O) groups is 1. The van der Waals surface area contributed by atoms with Crippen LogP contribution in [0.2, 0.25) is 0 Å². The molecule has 1 aromatic carbocycles. The number of rotatable bonds is 5. The number of aryl methyl sites for hydroxylation is 3. The lowest BCUT2D eigenvalue weighted by Gasteiger charge is -2.15. The van der Waals surface area contributed by atoms with Gasteiger partial charge < -0.3 is 9.88 Å². The number of carbonyl (C=O) groups excluding carboxylic acids is 1. The highest BCUT2D eigenvalue weighted by molar-refractivity contribution is 7.89. The van der Waals surface area contributed by atoms with E-state index < -0.39 is 21.5 Å². The Hall–Kier alpha value is -2.45. The van der Waals surface area contributed by atoms with Crippen molar-refractivity contribution in [1.29, 1.82) is 0 Å². The molecule has 26 heavy (non-hydrogen) atoms. The van der Waals surface area contributed by atoms with Gasteiger partial charge in [-0.1, -0.05) is 17.7 Å². The molecule has 8 heteroatoms. The van der Waals surface area contributed by atoms with Crippen molar-refractivity contribution in [2.45, 2.75) is 32.2 Å². The molecule has 0 aliphatic rings. The van der Waals surface area contributed by atoms with E-state index in [0.29, 0.717) is 5.69 Å². The standard InChI is InChI=1S/C18H23N3O4S/c1-12-8-13(2)18(14(3)9-12)19-16(22)11-21-10-15(6-7-17(21)23)26(24,25)20(4)5/h6-10H,11H2,1-5H3,(H,19,22). The summed E-state index contributed by atoms with van der Waals surface area (Å²) in [6, 6.07) is 6.30. The van der Waals surface area contributed by atoms with Crippen LogP contribution in [0.25, 0.3) is 0 Å². The molecule has 0 aliphatic heterocycles. The molecule has 140 valence electrons. The second-order valence-electron chi connectivity index (χ2n) is 6.44. The quantitative estimate of drug-likeness (QED) is 0.858. The van der Waals surface area contributed by atoms with Crippen LogP contribution in [0.1, 0.15) is 16.7 Å². The van der Waals surface area contributed by atoms with Gasteiger partial charge >= 0.3 is 0 Å². The maximum atomic E-state index is 12.4. The summed E-state index contributed by atoms with van der Waals surface area (Å²) in [6.07, 6.45) is 1.19. The maximum absolute atomic E-state index is 12.4. The van der Waals surface area contributed by atoms with Gasteiger partial charge in [0.1, 0.15) is 6.54 Å². The summed E-state index contributed by atoms with van der Waals surface area (Å²) < 4.78 is 26.5. The van der Waals surface area contributed by atoms with E-state index in [1.54, 1.807) is 0 Å². The van der Waals surface area contributed by atoms with Crippen molar-refractivity contribution in [3.05, 3.63) is 57.5 Å². The average molecular weight is 377 g/mol. The van der Waals surface area contributed by atoms with Gasteiger partial charge in [0.2, 0.25) is 15.9 Å². The number of aromatic nitrogens is 1. The van der Waals surface area contributed by atoms with Gasteiger partial charge in [-0.25, -0.2) is 12.7 Å². The van der Waals surface area contributed by atoms with E-state index in [9.17, 15) is 18.0 Å². The summed E-state index contributed by atoms with van der Waals surface area (Å²) >= 11 is 0. The van der Waals surface area contributed by atoms with E-state index in [0.717, 1.165) is 31.6 Å². The van der Waals surface area contributed by atoms with E-state index in [1.165, 1.54) is 26.4 Å². The normalized spacial score (nSPS) is 11.6. The van der Waals surface area contributed by atoms with Gasteiger partial charge in [-0.05, 0) is 38.0 Å². The number of nitrogens with one attached hydrogen (secondary N) is 1. The van der Waals surface area contributed by atoms with Gasteiger partial charge in [-0.2, -0.15) is 0 Å². The summed E-state index contributed by atoms with van der Waals surface area (Å²) in [6.45, 7) is 5.49. The smallest absolute Gasteiger partial charge is 0.251 e. The molecule has 0 radical (unpaired) electrons. The Morgan fingerprint density at radius 2 is 1.69 bits per heavy atom. The van der Waals surface area contributed by atoms with Gasteiger partial charge in [-0.15, -0.1) is 0 Å². The third-order valence-electron chi connectivity index (χ3n) is 3.99. The van der Waals surface area contributed by atoms with E-state index in [-0.39, 0.29) is 11.4 Å². The average Bonchev–Trinajstić information content (AvgIpc) is 2.52. The predicted molar refractivity (Wildman–Crippen MR) is 101 cm³/mol. The van der Waals surface area contributed by atoms with Gasteiger partial charge in [-0.3, -0.25) is 9.59 Å². The first-order valence-corrected chi connectivity index (χ1v) is 9.47. The molecule has 1 N–H and O–H groups in total. The third kappa shape index (κ3) is 4.20. The third-order valence-corrected chi connectivity index (χ3v) is 5.79. The van der Waals surface area contributed by atoms with Crippen LogP contribution < -0.4 is 10.9 Å². The molecule has 1 heterocycles. The Labute approximate surface area is 153 Å². The molecule has 0 atom stereocenters. The van der Waals surface area contributed by atoms with Crippen molar-refractivity contribution in [3.63, 3.8) is 0 Å². The molecule has 0 spiro atoms. The Morgan fingerprint density at radius 1 is 1.12 bits per heavy atom. The van der Waals surface area contributed by atoms with Crippen molar-refractivity contribution < 1.29 is 13.2 Å². The molecule has 0 unspecified atom stereocenters. The number of anilines is 1. The van der Waals surface area contributed by atoms with E-state index >= 15 is 0 Å². The molecule has 2 aromatic rings. The molecule has 1 aromatic heterocycles. The summed E-state index contributed by atoms with van der Waals surface area (Å²) in [5.74, 6) is -0.401. The van der Waals surface area contributed by atoms with Gasteiger partial charge in [0, 0.05) is 32.0 Å². The SMILES string of the molecule is Cc1cc(C)c(NC(=O)Cn2cc(S(=O)(=O)N(C)C)ccc2=O)c(C)c1. The van der Waals surface area contributed by atoms with Crippen LogP contribution in [0.3, 0.4) is 0 Å². The fourth-order valence-corrected chi connectivity index (χ4v) is 3.63. The maximum Gasteiger partial charge on any atom is 0.251 e. The Kier molecular flexibility index (Phi) is 5.68. The van der Waals surface area contributed by atoms with Crippen LogP contribution >= 0.6 is 0 Å². The topological polar surface area (TPSA) is 88.5 Å². The summed E-state index contributed by atoms with van der Waals surface area (Å²) in [7, 11) is -0.881. The fourth-order valence-electron chi connectivity index (χ4n) is 2.71. The molecule has 0 saturated heterocycles. The largest absolute Gasteiger partial charge is 0.324 e. The number of hydrogen-bond donors (Lipinski definition) is 1. The number of hydrogen-bond acceptors (Lipinski definition) is 4. The first-order chi connectivity index (χ1) is 12.0. The first-order valence-electron chi connectivity index (χ1n) is 8.03. The number of nitrogens with zero attached hydrogens (tertiary/aromatic N) is 2. The summed E-state index contributed by atoms with van der Waals surface area (Å²) in [4.78, 5) is 24.4. The van der Waals surface area contributed by atoms with Gasteiger partial charge in [0.25, 0.3) is 5.56 Å². The van der Waals surface area contributed by atoms with Crippen molar-refractivity contribution >= 4 is 21.6 Å². The molecule has 7 nitrogen and oxygen atoms in total. The van der Waals surface area contributed by atoms with Crippen LogP contribution in [0.15, 0.2) is 40.2 Å². The number of benzene rings is 1. The van der Waals surface area contributed by atoms with Crippen molar-refractivity contribution in [2.24, 2.45) is 0 Å². The van der Waals surface area contributed by atoms with Gasteiger partial charge in [0.15, 0.2) is 0 Å². The summed E-state index contributed by atoms with van der Waals surface area (Å²) in [5.41, 5.74) is 3.19. The minimum atomic E-state index is -3.69.